The molecular formula is C15H22NO4+. The lowest BCUT2D eigenvalue weighted by Crippen LogP contribution is -2.50. The van der Waals surface area contributed by atoms with Crippen molar-refractivity contribution in [1.29, 1.82) is 0 Å². The van der Waals surface area contributed by atoms with Crippen LogP contribution in [0.3, 0.4) is 0 Å². The highest BCUT2D eigenvalue weighted by Crippen LogP contribution is 2.24. The Bertz CT molecular complexity index is 481. The summed E-state index contributed by atoms with van der Waals surface area (Å²) in [6.45, 7) is 3.88. The van der Waals surface area contributed by atoms with Crippen molar-refractivity contribution in [2.75, 3.05) is 33.3 Å². The summed E-state index contributed by atoms with van der Waals surface area (Å²) < 4.78 is 6.65. The predicted octanol–water partition coefficient (Wildman–Crippen LogP) is 2.10. The molecule has 1 aromatic carbocycles. The molecule has 0 aliphatic carbocycles. The molecule has 5 heteroatoms. The lowest BCUT2D eigenvalue weighted by atomic mass is 10.1. The van der Waals surface area contributed by atoms with Gasteiger partial charge in [-0.1, -0.05) is 0 Å². The van der Waals surface area contributed by atoms with E-state index in [1.165, 1.54) is 44.5 Å². The summed E-state index contributed by atoms with van der Waals surface area (Å²) in [6.07, 6.45) is 3.86. The Morgan fingerprint density at radius 2 is 2.00 bits per heavy atom. The van der Waals surface area contributed by atoms with Crippen LogP contribution in [0.5, 0.6) is 11.5 Å². The molecular weight excluding hydrogens is 258 g/mol. The Morgan fingerprint density at radius 1 is 1.30 bits per heavy atom. The molecule has 1 fully saturated rings. The van der Waals surface area contributed by atoms with E-state index in [1.807, 2.05) is 0 Å². The molecule has 1 aliphatic heterocycles. The summed E-state index contributed by atoms with van der Waals surface area (Å²) in [5.74, 6) is -0.884. The summed E-state index contributed by atoms with van der Waals surface area (Å²) in [7, 11) is 2.24. The molecule has 0 aromatic heterocycles. The minimum Gasteiger partial charge on any atom is -0.507 e. The van der Waals surface area contributed by atoms with Crippen LogP contribution in [0.2, 0.25) is 0 Å². The van der Waals surface area contributed by atoms with Crippen LogP contribution in [0.4, 0.5) is 0 Å². The normalized spacial score (nSPS) is 17.6. The monoisotopic (exact) mass is 280 g/mol. The number of likely N-dealkylation sites (N-methyl/N-ethyl adjacent to an activating group) is 1. The molecule has 0 unspecified atom stereocenters. The second-order valence-electron chi connectivity index (χ2n) is 5.68. The van der Waals surface area contributed by atoms with E-state index in [-0.39, 0.29) is 11.3 Å². The van der Waals surface area contributed by atoms with Crippen LogP contribution in [0, 0.1) is 0 Å². The van der Waals surface area contributed by atoms with Crippen LogP contribution in [-0.4, -0.2) is 54.0 Å². The van der Waals surface area contributed by atoms with Crippen molar-refractivity contribution < 1.29 is 24.2 Å². The number of phenols is 1. The first-order valence-electron chi connectivity index (χ1n) is 7.03. The molecule has 0 radical (unpaired) electrons. The summed E-state index contributed by atoms with van der Waals surface area (Å²) in [5, 5.41) is 18.4. The number of nitrogens with zero attached hydrogens (tertiary/aromatic N) is 1. The van der Waals surface area contributed by atoms with Crippen molar-refractivity contribution in [3.05, 3.63) is 23.8 Å². The van der Waals surface area contributed by atoms with E-state index in [0.717, 1.165) is 11.0 Å². The number of benzene rings is 1. The topological polar surface area (TPSA) is 66.8 Å². The first-order chi connectivity index (χ1) is 9.50. The average Bonchev–Trinajstić information content (AvgIpc) is 2.39. The summed E-state index contributed by atoms with van der Waals surface area (Å²) >= 11 is 0. The molecule has 2 N–H and O–H groups in total. The van der Waals surface area contributed by atoms with Gasteiger partial charge in [-0.05, 0) is 31.4 Å². The van der Waals surface area contributed by atoms with E-state index < -0.39 is 5.97 Å². The molecule has 0 bridgehead atoms. The maximum atomic E-state index is 10.8. The second kappa shape index (κ2) is 6.13. The summed E-state index contributed by atoms with van der Waals surface area (Å²) in [4.78, 5) is 10.8. The van der Waals surface area contributed by atoms with Gasteiger partial charge in [0.1, 0.15) is 30.2 Å². The third-order valence-electron chi connectivity index (χ3n) is 4.00. The van der Waals surface area contributed by atoms with Crippen LogP contribution in [0.25, 0.3) is 0 Å². The van der Waals surface area contributed by atoms with E-state index >= 15 is 0 Å². The van der Waals surface area contributed by atoms with Crippen molar-refractivity contribution in [2.24, 2.45) is 0 Å². The fraction of sp³-hybridized carbons (Fsp3) is 0.533. The third kappa shape index (κ3) is 3.63. The first kappa shape index (κ1) is 14.7. The number of carboxylic acid groups (broad SMARTS) is 1. The summed E-state index contributed by atoms with van der Waals surface area (Å²) in [6, 6.07) is 4.31. The molecule has 0 saturated carbocycles. The highest BCUT2D eigenvalue weighted by atomic mass is 16.5. The van der Waals surface area contributed by atoms with E-state index in [4.69, 9.17) is 9.84 Å². The van der Waals surface area contributed by atoms with Crippen molar-refractivity contribution in [1.82, 2.24) is 0 Å². The van der Waals surface area contributed by atoms with Gasteiger partial charge >= 0.3 is 5.97 Å². The standard InChI is InChI=1S/C15H21NO4/c1-16(7-3-2-4-8-16)9-10-20-12-5-6-13(15(18)19)14(17)11-12/h5-6,11H,2-4,7-10H2,1H3,(H-,17,18,19)/p+1. The van der Waals surface area contributed by atoms with Crippen molar-refractivity contribution in [3.8, 4) is 11.5 Å². The van der Waals surface area contributed by atoms with Gasteiger partial charge in [0.25, 0.3) is 0 Å². The maximum Gasteiger partial charge on any atom is 0.339 e. The van der Waals surface area contributed by atoms with Gasteiger partial charge in [0, 0.05) is 6.07 Å². The first-order valence-corrected chi connectivity index (χ1v) is 7.03. The molecule has 1 saturated heterocycles. The Hall–Kier alpha value is -1.75. The molecule has 0 amide bonds. The van der Waals surface area contributed by atoms with Gasteiger partial charge in [-0.3, -0.25) is 0 Å². The molecule has 0 atom stereocenters. The average molecular weight is 280 g/mol. The zero-order chi connectivity index (χ0) is 14.6. The summed E-state index contributed by atoms with van der Waals surface area (Å²) in [5.41, 5.74) is -0.104. The number of hydrogen-bond acceptors (Lipinski definition) is 3. The zero-order valence-corrected chi connectivity index (χ0v) is 11.8. The number of rotatable bonds is 5. The highest BCUT2D eigenvalue weighted by Gasteiger charge is 2.24. The third-order valence-corrected chi connectivity index (χ3v) is 4.00. The Morgan fingerprint density at radius 3 is 2.60 bits per heavy atom. The molecule has 2 rings (SSSR count). The maximum absolute atomic E-state index is 10.8. The number of quaternary nitrogens is 1. The Labute approximate surface area is 119 Å². The van der Waals surface area contributed by atoms with Gasteiger partial charge in [-0.15, -0.1) is 0 Å². The number of aromatic hydroxyl groups is 1. The van der Waals surface area contributed by atoms with Crippen LogP contribution in [0.15, 0.2) is 18.2 Å². The zero-order valence-electron chi connectivity index (χ0n) is 11.8. The van der Waals surface area contributed by atoms with Crippen molar-refractivity contribution in [3.63, 3.8) is 0 Å². The second-order valence-corrected chi connectivity index (χ2v) is 5.68. The number of ether oxygens (including phenoxy) is 1. The number of hydrogen-bond donors (Lipinski definition) is 2. The van der Waals surface area contributed by atoms with Gasteiger partial charge in [-0.25, -0.2) is 4.79 Å². The van der Waals surface area contributed by atoms with Crippen molar-refractivity contribution in [2.45, 2.75) is 19.3 Å². The molecule has 110 valence electrons. The van der Waals surface area contributed by atoms with E-state index in [2.05, 4.69) is 7.05 Å². The van der Waals surface area contributed by atoms with Crippen LogP contribution in [0.1, 0.15) is 29.6 Å². The smallest absolute Gasteiger partial charge is 0.339 e. The molecule has 1 aliphatic rings. The van der Waals surface area contributed by atoms with Gasteiger partial charge < -0.3 is 19.4 Å². The Balaban J connectivity index is 1.88. The molecule has 5 nitrogen and oxygen atoms in total. The number of carboxylic acids is 1. The van der Waals surface area contributed by atoms with Crippen LogP contribution >= 0.6 is 0 Å². The van der Waals surface area contributed by atoms with E-state index in [1.54, 1.807) is 6.07 Å². The molecule has 1 heterocycles. The quantitative estimate of drug-likeness (QED) is 0.811. The van der Waals surface area contributed by atoms with Gasteiger partial charge in [-0.2, -0.15) is 0 Å². The van der Waals surface area contributed by atoms with Crippen molar-refractivity contribution >= 4 is 5.97 Å². The minimum atomic E-state index is -1.14. The number of piperidine rings is 1. The molecule has 0 spiro atoms. The van der Waals surface area contributed by atoms with E-state index in [9.17, 15) is 9.90 Å². The Kier molecular flexibility index (Phi) is 4.49. The van der Waals surface area contributed by atoms with Crippen LogP contribution in [-0.2, 0) is 0 Å². The fourth-order valence-electron chi connectivity index (χ4n) is 2.67. The molecule has 1 aromatic rings. The van der Waals surface area contributed by atoms with Gasteiger partial charge in [0.15, 0.2) is 0 Å². The predicted molar refractivity (Wildman–Crippen MR) is 75.2 cm³/mol. The van der Waals surface area contributed by atoms with Gasteiger partial charge in [0.2, 0.25) is 0 Å². The number of aromatic carboxylic acids is 1. The molecule has 20 heavy (non-hydrogen) atoms. The number of carbonyl (C=O) groups is 1. The fourth-order valence-corrected chi connectivity index (χ4v) is 2.67. The minimum absolute atomic E-state index is 0.104. The number of likely N-dealkylation sites (tertiary alicyclic amines) is 1. The lowest BCUT2D eigenvalue weighted by Gasteiger charge is -2.37. The van der Waals surface area contributed by atoms with E-state index in [0.29, 0.717) is 12.4 Å². The highest BCUT2D eigenvalue weighted by molar-refractivity contribution is 5.90. The van der Waals surface area contributed by atoms with Gasteiger partial charge in [0.05, 0.1) is 20.1 Å². The lowest BCUT2D eigenvalue weighted by molar-refractivity contribution is -0.914. The van der Waals surface area contributed by atoms with Crippen LogP contribution < -0.4 is 4.74 Å². The SMILES string of the molecule is C[N+]1(CCOc2ccc(C(=O)O)c(O)c2)CCCCC1. The largest absolute Gasteiger partial charge is 0.507 e.